The fourth-order valence-electron chi connectivity index (χ4n) is 1.82. The van der Waals surface area contributed by atoms with E-state index in [0.29, 0.717) is 0 Å². The van der Waals surface area contributed by atoms with E-state index in [0.717, 1.165) is 28.2 Å². The van der Waals surface area contributed by atoms with E-state index in [9.17, 15) is 0 Å². The Hall–Kier alpha value is -1.22. The Morgan fingerprint density at radius 2 is 1.62 bits per heavy atom. The van der Waals surface area contributed by atoms with Crippen molar-refractivity contribution < 1.29 is 9.47 Å². The molecule has 0 aromatic heterocycles. The normalized spacial score (nSPS) is 11.4. The summed E-state index contributed by atoms with van der Waals surface area (Å²) in [5.74, 6) is 1.71. The third-order valence-electron chi connectivity index (χ3n) is 2.91. The number of nitrogens with two attached hydrogens (primary N) is 1. The van der Waals surface area contributed by atoms with Crippen LogP contribution in [0, 0.1) is 13.8 Å². The minimum Gasteiger partial charge on any atom is -0.496 e. The van der Waals surface area contributed by atoms with Gasteiger partial charge in [-0.05, 0) is 44.9 Å². The van der Waals surface area contributed by atoms with E-state index in [1.807, 2.05) is 33.8 Å². The summed E-state index contributed by atoms with van der Waals surface area (Å²) >= 11 is 0. The van der Waals surface area contributed by atoms with Crippen LogP contribution in [0.15, 0.2) is 6.07 Å². The van der Waals surface area contributed by atoms with Crippen LogP contribution < -0.4 is 15.2 Å². The quantitative estimate of drug-likeness (QED) is 0.856. The molecule has 0 amide bonds. The van der Waals surface area contributed by atoms with Crippen molar-refractivity contribution in [3.63, 3.8) is 0 Å². The van der Waals surface area contributed by atoms with Gasteiger partial charge in [0.1, 0.15) is 11.5 Å². The van der Waals surface area contributed by atoms with E-state index in [4.69, 9.17) is 15.2 Å². The van der Waals surface area contributed by atoms with Crippen LogP contribution in [-0.4, -0.2) is 14.2 Å². The number of hydrogen-bond donors (Lipinski definition) is 1. The van der Waals surface area contributed by atoms with Crippen LogP contribution in [0.1, 0.15) is 30.5 Å². The lowest BCUT2D eigenvalue weighted by Gasteiger charge is -2.25. The summed E-state index contributed by atoms with van der Waals surface area (Å²) in [5, 5.41) is 0. The second kappa shape index (κ2) is 4.34. The van der Waals surface area contributed by atoms with Gasteiger partial charge < -0.3 is 15.2 Å². The summed E-state index contributed by atoms with van der Waals surface area (Å²) < 4.78 is 10.8. The molecule has 0 saturated heterocycles. The average molecular weight is 223 g/mol. The summed E-state index contributed by atoms with van der Waals surface area (Å²) in [4.78, 5) is 0. The topological polar surface area (TPSA) is 44.5 Å². The van der Waals surface area contributed by atoms with Gasteiger partial charge in [-0.3, -0.25) is 0 Å². The van der Waals surface area contributed by atoms with Crippen molar-refractivity contribution >= 4 is 0 Å². The van der Waals surface area contributed by atoms with E-state index in [1.165, 1.54) is 0 Å². The molecule has 16 heavy (non-hydrogen) atoms. The molecule has 0 unspecified atom stereocenters. The van der Waals surface area contributed by atoms with E-state index < -0.39 is 5.54 Å². The fraction of sp³-hybridized carbons (Fsp3) is 0.538. The SMILES string of the molecule is COc1cc(C(C)(C)N)c(OC)c(C)c1C. The van der Waals surface area contributed by atoms with Gasteiger partial charge in [-0.1, -0.05) is 0 Å². The highest BCUT2D eigenvalue weighted by Gasteiger charge is 2.23. The maximum absolute atomic E-state index is 6.14. The minimum atomic E-state index is -0.447. The van der Waals surface area contributed by atoms with Crippen molar-refractivity contribution in [2.75, 3.05) is 14.2 Å². The van der Waals surface area contributed by atoms with Crippen LogP contribution in [0.25, 0.3) is 0 Å². The molecule has 3 nitrogen and oxygen atoms in total. The summed E-state index contributed by atoms with van der Waals surface area (Å²) in [6.45, 7) is 7.95. The van der Waals surface area contributed by atoms with Crippen LogP contribution in [-0.2, 0) is 5.54 Å². The highest BCUT2D eigenvalue weighted by Crippen LogP contribution is 2.37. The van der Waals surface area contributed by atoms with E-state index >= 15 is 0 Å². The first kappa shape index (κ1) is 12.8. The van der Waals surface area contributed by atoms with Crippen LogP contribution in [0.5, 0.6) is 11.5 Å². The molecule has 0 heterocycles. The third-order valence-corrected chi connectivity index (χ3v) is 2.91. The fourth-order valence-corrected chi connectivity index (χ4v) is 1.82. The molecule has 0 aliphatic heterocycles. The lowest BCUT2D eigenvalue weighted by atomic mass is 9.90. The van der Waals surface area contributed by atoms with E-state index in [-0.39, 0.29) is 0 Å². The number of benzene rings is 1. The van der Waals surface area contributed by atoms with Crippen molar-refractivity contribution in [2.24, 2.45) is 5.73 Å². The standard InChI is InChI=1S/C13H21NO2/c1-8-9(2)12(16-6)10(13(3,4)14)7-11(8)15-5/h7H,14H2,1-6H3. The highest BCUT2D eigenvalue weighted by atomic mass is 16.5. The zero-order valence-corrected chi connectivity index (χ0v) is 11.0. The van der Waals surface area contributed by atoms with Gasteiger partial charge in [0.2, 0.25) is 0 Å². The van der Waals surface area contributed by atoms with Gasteiger partial charge in [-0.15, -0.1) is 0 Å². The highest BCUT2D eigenvalue weighted by molar-refractivity contribution is 5.54. The maximum Gasteiger partial charge on any atom is 0.127 e. The van der Waals surface area contributed by atoms with Gasteiger partial charge in [-0.25, -0.2) is 0 Å². The summed E-state index contributed by atoms with van der Waals surface area (Å²) in [7, 11) is 3.34. The monoisotopic (exact) mass is 223 g/mol. The Morgan fingerprint density at radius 1 is 1.06 bits per heavy atom. The molecular weight excluding hydrogens is 202 g/mol. The molecule has 0 spiro atoms. The van der Waals surface area contributed by atoms with Crippen molar-refractivity contribution in [2.45, 2.75) is 33.2 Å². The number of ether oxygens (including phenoxy) is 2. The molecule has 0 bridgehead atoms. The Balaban J connectivity index is 3.54. The average Bonchev–Trinajstić information content (AvgIpc) is 2.20. The first-order valence-electron chi connectivity index (χ1n) is 5.34. The van der Waals surface area contributed by atoms with Crippen molar-refractivity contribution in [1.29, 1.82) is 0 Å². The Morgan fingerprint density at radius 3 is 2.00 bits per heavy atom. The Bertz CT molecular complexity index is 392. The largest absolute Gasteiger partial charge is 0.496 e. The molecule has 2 N–H and O–H groups in total. The summed E-state index contributed by atoms with van der Waals surface area (Å²) in [6, 6.07) is 1.96. The second-order valence-electron chi connectivity index (χ2n) is 4.63. The van der Waals surface area contributed by atoms with Crippen molar-refractivity contribution in [3.05, 3.63) is 22.8 Å². The lowest BCUT2D eigenvalue weighted by molar-refractivity contribution is 0.380. The Labute approximate surface area is 97.6 Å². The van der Waals surface area contributed by atoms with Crippen LogP contribution >= 0.6 is 0 Å². The summed E-state index contributed by atoms with van der Waals surface area (Å²) in [6.07, 6.45) is 0. The molecule has 0 atom stereocenters. The van der Waals surface area contributed by atoms with Crippen molar-refractivity contribution in [1.82, 2.24) is 0 Å². The predicted molar refractivity (Wildman–Crippen MR) is 66.2 cm³/mol. The molecule has 0 fully saturated rings. The van der Waals surface area contributed by atoms with Gasteiger partial charge in [0.15, 0.2) is 0 Å². The zero-order chi connectivity index (χ0) is 12.5. The van der Waals surface area contributed by atoms with Crippen LogP contribution in [0.2, 0.25) is 0 Å². The van der Waals surface area contributed by atoms with Gasteiger partial charge in [0, 0.05) is 11.1 Å². The third kappa shape index (κ3) is 2.14. The molecule has 0 radical (unpaired) electrons. The van der Waals surface area contributed by atoms with Crippen LogP contribution in [0.4, 0.5) is 0 Å². The van der Waals surface area contributed by atoms with Gasteiger partial charge in [0.05, 0.1) is 14.2 Å². The molecule has 90 valence electrons. The van der Waals surface area contributed by atoms with Gasteiger partial charge >= 0.3 is 0 Å². The smallest absolute Gasteiger partial charge is 0.127 e. The first-order chi connectivity index (χ1) is 7.32. The van der Waals surface area contributed by atoms with Gasteiger partial charge in [-0.2, -0.15) is 0 Å². The first-order valence-corrected chi connectivity index (χ1v) is 5.34. The molecule has 0 aliphatic carbocycles. The van der Waals surface area contributed by atoms with Gasteiger partial charge in [0.25, 0.3) is 0 Å². The molecule has 0 saturated carbocycles. The van der Waals surface area contributed by atoms with E-state index in [1.54, 1.807) is 14.2 Å². The van der Waals surface area contributed by atoms with Crippen molar-refractivity contribution in [3.8, 4) is 11.5 Å². The summed E-state index contributed by atoms with van der Waals surface area (Å²) in [5.41, 5.74) is 8.83. The predicted octanol–water partition coefficient (Wildman–Crippen LogP) is 2.51. The maximum atomic E-state index is 6.14. The molecular formula is C13H21NO2. The van der Waals surface area contributed by atoms with E-state index in [2.05, 4.69) is 0 Å². The molecule has 0 aliphatic rings. The molecule has 1 aromatic rings. The number of rotatable bonds is 3. The lowest BCUT2D eigenvalue weighted by Crippen LogP contribution is -2.29. The Kier molecular flexibility index (Phi) is 3.48. The minimum absolute atomic E-state index is 0.447. The number of hydrogen-bond acceptors (Lipinski definition) is 3. The molecule has 1 aromatic carbocycles. The van der Waals surface area contributed by atoms with Crippen LogP contribution in [0.3, 0.4) is 0 Å². The zero-order valence-electron chi connectivity index (χ0n) is 11.0. The number of methoxy groups -OCH3 is 2. The molecule has 3 heteroatoms. The second-order valence-corrected chi connectivity index (χ2v) is 4.63. The molecule has 1 rings (SSSR count).